The van der Waals surface area contributed by atoms with Crippen molar-refractivity contribution >= 4 is 5.78 Å². The van der Waals surface area contributed by atoms with Crippen LogP contribution in [0.25, 0.3) is 0 Å². The maximum atomic E-state index is 13.4. The van der Waals surface area contributed by atoms with Crippen molar-refractivity contribution in [3.63, 3.8) is 0 Å². The quantitative estimate of drug-likeness (QED) is 0.522. The Hall–Kier alpha value is -1.03. The topological polar surface area (TPSA) is 72.3 Å². The summed E-state index contributed by atoms with van der Waals surface area (Å²) in [7, 11) is 0. The number of carbonyl (C=O) groups is 1. The molecule has 0 radical (unpaired) electrons. The smallest absolute Gasteiger partial charge is 0.160 e. The van der Waals surface area contributed by atoms with Gasteiger partial charge in [0.05, 0.1) is 0 Å². The van der Waals surface area contributed by atoms with Crippen LogP contribution in [0.1, 0.15) is 85.5 Å². The summed E-state index contributed by atoms with van der Waals surface area (Å²) in [6, 6.07) is -0.304. The average molecular weight is 402 g/mol. The maximum Gasteiger partial charge on any atom is 0.160 e. The lowest BCUT2D eigenvalue weighted by molar-refractivity contribution is -0.139. The molecule has 0 aliphatic heterocycles. The van der Waals surface area contributed by atoms with Crippen molar-refractivity contribution in [2.45, 2.75) is 91.5 Å². The first-order valence-electron chi connectivity index (χ1n) is 12.2. The molecular formula is C25H43N3O. The van der Waals surface area contributed by atoms with Gasteiger partial charge < -0.3 is 10.7 Å². The van der Waals surface area contributed by atoms with E-state index in [9.17, 15) is 4.79 Å². The summed E-state index contributed by atoms with van der Waals surface area (Å²) in [5.74, 6) is 10.8. The van der Waals surface area contributed by atoms with E-state index in [1.54, 1.807) is 6.20 Å². The van der Waals surface area contributed by atoms with Gasteiger partial charge in [-0.15, -0.1) is 0 Å². The number of fused-ring (bicyclic) bond motifs is 5. The minimum absolute atomic E-state index is 0.151. The standard InChI is InChI=1S/C25H43N3O/c1-16-9-11-24(3)18(15-16)5-6-19-20-7-8-22(25(20,4)12-10-21(19)24)23(29)17(2)28(27)14-13-26/h13-14,16-22H,5-12,15,26-27H2,1-4H3/b14-13-. The molecule has 0 saturated heterocycles. The lowest BCUT2D eigenvalue weighted by Gasteiger charge is -2.61. The van der Waals surface area contributed by atoms with Crippen LogP contribution in [0.15, 0.2) is 12.4 Å². The van der Waals surface area contributed by atoms with Gasteiger partial charge >= 0.3 is 0 Å². The molecule has 4 fully saturated rings. The molecule has 0 heterocycles. The molecule has 4 rings (SSSR count). The summed E-state index contributed by atoms with van der Waals surface area (Å²) in [5.41, 5.74) is 6.19. The molecule has 4 saturated carbocycles. The fourth-order valence-electron chi connectivity index (χ4n) is 8.61. The molecule has 4 heteroatoms. The Bertz CT molecular complexity index is 662. The van der Waals surface area contributed by atoms with Crippen molar-refractivity contribution < 1.29 is 4.79 Å². The zero-order valence-electron chi connectivity index (χ0n) is 19.1. The Morgan fingerprint density at radius 2 is 1.72 bits per heavy atom. The molecule has 0 aromatic heterocycles. The Morgan fingerprint density at radius 3 is 2.45 bits per heavy atom. The van der Waals surface area contributed by atoms with Gasteiger partial charge in [0.1, 0.15) is 6.04 Å². The monoisotopic (exact) mass is 401 g/mol. The van der Waals surface area contributed by atoms with Gasteiger partial charge in [-0.3, -0.25) is 4.79 Å². The summed E-state index contributed by atoms with van der Waals surface area (Å²) in [6.45, 7) is 9.46. The highest BCUT2D eigenvalue weighted by Gasteiger charge is 2.61. The van der Waals surface area contributed by atoms with Gasteiger partial charge in [-0.2, -0.15) is 0 Å². The second-order valence-corrected chi connectivity index (χ2v) is 11.6. The number of hydrogen-bond donors (Lipinski definition) is 2. The predicted octanol–water partition coefficient (Wildman–Crippen LogP) is 4.84. The Morgan fingerprint density at radius 1 is 1.03 bits per heavy atom. The molecule has 4 aliphatic carbocycles. The molecule has 0 spiro atoms. The number of nitrogens with two attached hydrogens (primary N) is 2. The molecule has 0 bridgehead atoms. The molecule has 9 unspecified atom stereocenters. The van der Waals surface area contributed by atoms with Crippen molar-refractivity contribution in [2.75, 3.05) is 0 Å². The molecule has 9 atom stereocenters. The van der Waals surface area contributed by atoms with Crippen LogP contribution in [-0.4, -0.2) is 16.8 Å². The number of Topliss-reactive ketones (excluding diaryl/α,β-unsaturated/α-hetero) is 1. The number of hydrazine groups is 1. The Balaban J connectivity index is 1.54. The van der Waals surface area contributed by atoms with Gasteiger partial charge in [-0.25, -0.2) is 5.84 Å². The molecule has 4 nitrogen and oxygen atoms in total. The van der Waals surface area contributed by atoms with E-state index in [1.165, 1.54) is 62.6 Å². The highest BCUT2D eigenvalue weighted by Crippen LogP contribution is 2.67. The largest absolute Gasteiger partial charge is 0.403 e. The molecule has 164 valence electrons. The summed E-state index contributed by atoms with van der Waals surface area (Å²) in [4.78, 5) is 13.4. The van der Waals surface area contributed by atoms with Crippen LogP contribution in [0.4, 0.5) is 0 Å². The highest BCUT2D eigenvalue weighted by atomic mass is 16.1. The normalized spacial score (nSPS) is 47.9. The van der Waals surface area contributed by atoms with E-state index >= 15 is 0 Å². The third-order valence-electron chi connectivity index (χ3n) is 10.4. The van der Waals surface area contributed by atoms with Crippen LogP contribution < -0.4 is 11.6 Å². The number of carbonyl (C=O) groups excluding carboxylic acids is 1. The second-order valence-electron chi connectivity index (χ2n) is 11.6. The highest BCUT2D eigenvalue weighted by molar-refractivity contribution is 5.87. The first kappa shape index (κ1) is 21.2. The maximum absolute atomic E-state index is 13.4. The van der Waals surface area contributed by atoms with Crippen LogP contribution in [0.3, 0.4) is 0 Å². The van der Waals surface area contributed by atoms with Gasteiger partial charge in [-0.05, 0) is 98.7 Å². The van der Waals surface area contributed by atoms with Crippen LogP contribution in [0.5, 0.6) is 0 Å². The van der Waals surface area contributed by atoms with Crippen molar-refractivity contribution in [3.8, 4) is 0 Å². The van der Waals surface area contributed by atoms with E-state index in [1.807, 2.05) is 6.92 Å². The van der Waals surface area contributed by atoms with E-state index in [2.05, 4.69) is 20.8 Å². The van der Waals surface area contributed by atoms with Crippen molar-refractivity contribution in [1.29, 1.82) is 0 Å². The van der Waals surface area contributed by atoms with E-state index < -0.39 is 0 Å². The van der Waals surface area contributed by atoms with Crippen LogP contribution >= 0.6 is 0 Å². The van der Waals surface area contributed by atoms with Crippen molar-refractivity contribution in [1.82, 2.24) is 5.01 Å². The molecule has 0 amide bonds. The molecule has 0 aromatic carbocycles. The van der Waals surface area contributed by atoms with E-state index in [4.69, 9.17) is 11.6 Å². The van der Waals surface area contributed by atoms with Crippen molar-refractivity contribution in [2.24, 2.45) is 57.9 Å². The van der Waals surface area contributed by atoms with E-state index in [0.29, 0.717) is 11.2 Å². The minimum atomic E-state index is -0.304. The van der Waals surface area contributed by atoms with Gasteiger partial charge in [0.15, 0.2) is 5.78 Å². The molecule has 29 heavy (non-hydrogen) atoms. The second kappa shape index (κ2) is 7.59. The number of hydrogen-bond acceptors (Lipinski definition) is 4. The molecular weight excluding hydrogens is 358 g/mol. The summed E-state index contributed by atoms with van der Waals surface area (Å²) < 4.78 is 0. The van der Waals surface area contributed by atoms with Crippen molar-refractivity contribution in [3.05, 3.63) is 12.4 Å². The van der Waals surface area contributed by atoms with Gasteiger partial charge in [0, 0.05) is 18.3 Å². The third-order valence-corrected chi connectivity index (χ3v) is 10.4. The molecule has 4 aliphatic rings. The van der Waals surface area contributed by atoms with Crippen LogP contribution in [0.2, 0.25) is 0 Å². The fraction of sp³-hybridized carbons (Fsp3) is 0.880. The first-order valence-corrected chi connectivity index (χ1v) is 12.2. The Labute approximate surface area is 177 Å². The number of ketones is 1. The SMILES string of the molecule is CC1CCC2(C)C(CCC3C2CCC2(C)C(C(=O)C(C)N(N)/C=C\N)CCC32)C1. The lowest BCUT2D eigenvalue weighted by Crippen LogP contribution is -2.54. The van der Waals surface area contributed by atoms with E-state index in [-0.39, 0.29) is 17.4 Å². The van der Waals surface area contributed by atoms with Gasteiger partial charge in [0.25, 0.3) is 0 Å². The predicted molar refractivity (Wildman–Crippen MR) is 118 cm³/mol. The van der Waals surface area contributed by atoms with Gasteiger partial charge in [0.2, 0.25) is 0 Å². The zero-order valence-corrected chi connectivity index (χ0v) is 19.1. The first-order chi connectivity index (χ1) is 13.7. The molecule has 0 aromatic rings. The Kier molecular flexibility index (Phi) is 5.55. The number of rotatable bonds is 4. The summed E-state index contributed by atoms with van der Waals surface area (Å²) in [6.07, 6.45) is 15.0. The van der Waals surface area contributed by atoms with Gasteiger partial charge in [-0.1, -0.05) is 27.2 Å². The average Bonchev–Trinajstić information content (AvgIpc) is 3.04. The summed E-state index contributed by atoms with van der Waals surface area (Å²) >= 11 is 0. The zero-order chi connectivity index (χ0) is 21.0. The van der Waals surface area contributed by atoms with Crippen LogP contribution in [0, 0.1) is 46.3 Å². The fourth-order valence-corrected chi connectivity index (χ4v) is 8.61. The third kappa shape index (κ3) is 3.25. The minimum Gasteiger partial charge on any atom is -0.403 e. The lowest BCUT2D eigenvalue weighted by atomic mass is 9.44. The van der Waals surface area contributed by atoms with E-state index in [0.717, 1.165) is 36.0 Å². The number of nitrogens with zero attached hydrogens (tertiary/aromatic N) is 1. The molecule has 4 N–H and O–H groups in total. The van der Waals surface area contributed by atoms with Crippen LogP contribution in [-0.2, 0) is 4.79 Å². The summed E-state index contributed by atoms with van der Waals surface area (Å²) in [5, 5.41) is 1.49.